The molecule has 1 atom stereocenters. The summed E-state index contributed by atoms with van der Waals surface area (Å²) in [7, 11) is 0. The Morgan fingerprint density at radius 3 is 2.42 bits per heavy atom. The van der Waals surface area contributed by atoms with Gasteiger partial charge in [0.1, 0.15) is 0 Å². The van der Waals surface area contributed by atoms with E-state index in [1.807, 2.05) is 45.0 Å². The molecule has 0 aliphatic carbocycles. The van der Waals surface area contributed by atoms with Gasteiger partial charge in [-0.2, -0.15) is 0 Å². The second kappa shape index (κ2) is 5.87. The minimum atomic E-state index is -0.915. The second-order valence-electron chi connectivity index (χ2n) is 5.41. The highest BCUT2D eigenvalue weighted by molar-refractivity contribution is 5.88. The minimum absolute atomic E-state index is 0.0738. The lowest BCUT2D eigenvalue weighted by Crippen LogP contribution is -2.45. The first-order chi connectivity index (χ1) is 8.75. The van der Waals surface area contributed by atoms with Gasteiger partial charge in [-0.15, -0.1) is 0 Å². The fraction of sp³-hybridized carbons (Fsp3) is 0.467. The van der Waals surface area contributed by atoms with Crippen LogP contribution >= 0.6 is 0 Å². The Kier molecular flexibility index (Phi) is 4.70. The van der Waals surface area contributed by atoms with Gasteiger partial charge in [0, 0.05) is 6.04 Å². The monoisotopic (exact) mass is 263 g/mol. The summed E-state index contributed by atoms with van der Waals surface area (Å²) >= 11 is 0. The van der Waals surface area contributed by atoms with Gasteiger partial charge in [0.25, 0.3) is 0 Å². The Labute approximate surface area is 113 Å². The molecule has 19 heavy (non-hydrogen) atoms. The summed E-state index contributed by atoms with van der Waals surface area (Å²) in [5, 5.41) is 11.5. The van der Waals surface area contributed by atoms with Crippen LogP contribution in [0.4, 0.5) is 0 Å². The third kappa shape index (κ3) is 3.81. The molecule has 0 radical (unpaired) electrons. The Morgan fingerprint density at radius 2 is 1.89 bits per heavy atom. The van der Waals surface area contributed by atoms with Gasteiger partial charge in [-0.25, -0.2) is 0 Å². The SMILES string of the molecule is Cc1ccccc1C(C)(C)C(=O)NC(C)CC(=O)O. The lowest BCUT2D eigenvalue weighted by atomic mass is 9.81. The lowest BCUT2D eigenvalue weighted by molar-refractivity contribution is -0.137. The zero-order valence-corrected chi connectivity index (χ0v) is 11.9. The van der Waals surface area contributed by atoms with E-state index in [2.05, 4.69) is 5.32 Å². The maximum Gasteiger partial charge on any atom is 0.305 e. The van der Waals surface area contributed by atoms with Crippen LogP contribution in [0.25, 0.3) is 0 Å². The third-order valence-electron chi connectivity index (χ3n) is 3.24. The van der Waals surface area contributed by atoms with Crippen LogP contribution in [0, 0.1) is 6.92 Å². The topological polar surface area (TPSA) is 66.4 Å². The molecule has 1 rings (SSSR count). The fourth-order valence-corrected chi connectivity index (χ4v) is 2.11. The van der Waals surface area contributed by atoms with E-state index in [4.69, 9.17) is 5.11 Å². The number of carbonyl (C=O) groups is 2. The summed E-state index contributed by atoms with van der Waals surface area (Å²) in [6.07, 6.45) is -0.0738. The standard InChI is InChI=1S/C15H21NO3/c1-10-7-5-6-8-12(10)15(3,4)14(19)16-11(2)9-13(17)18/h5-8,11H,9H2,1-4H3,(H,16,19)(H,17,18). The molecule has 0 fully saturated rings. The molecule has 0 aliphatic heterocycles. The largest absolute Gasteiger partial charge is 0.481 e. The van der Waals surface area contributed by atoms with Gasteiger partial charge in [-0.05, 0) is 38.8 Å². The van der Waals surface area contributed by atoms with Gasteiger partial charge in [0.2, 0.25) is 5.91 Å². The summed E-state index contributed by atoms with van der Waals surface area (Å²) in [4.78, 5) is 22.9. The van der Waals surface area contributed by atoms with Crippen molar-refractivity contribution in [2.45, 2.75) is 45.6 Å². The first-order valence-electron chi connectivity index (χ1n) is 6.34. The molecular formula is C15H21NO3. The van der Waals surface area contributed by atoms with E-state index in [1.165, 1.54) is 0 Å². The first-order valence-corrected chi connectivity index (χ1v) is 6.34. The van der Waals surface area contributed by atoms with Crippen LogP contribution in [0.1, 0.15) is 38.3 Å². The second-order valence-corrected chi connectivity index (χ2v) is 5.41. The van der Waals surface area contributed by atoms with E-state index in [9.17, 15) is 9.59 Å². The molecule has 1 aromatic carbocycles. The number of aliphatic carboxylic acids is 1. The zero-order chi connectivity index (χ0) is 14.6. The fourth-order valence-electron chi connectivity index (χ4n) is 2.11. The van der Waals surface area contributed by atoms with E-state index in [0.29, 0.717) is 0 Å². The molecular weight excluding hydrogens is 242 g/mol. The van der Waals surface area contributed by atoms with Crippen molar-refractivity contribution in [1.29, 1.82) is 0 Å². The Balaban J connectivity index is 2.86. The average molecular weight is 263 g/mol. The van der Waals surface area contributed by atoms with E-state index in [-0.39, 0.29) is 18.4 Å². The van der Waals surface area contributed by atoms with Crippen LogP contribution in [0.2, 0.25) is 0 Å². The molecule has 0 spiro atoms. The molecule has 2 N–H and O–H groups in total. The predicted octanol–water partition coefficient (Wildman–Crippen LogP) is 2.25. The maximum absolute atomic E-state index is 12.3. The van der Waals surface area contributed by atoms with E-state index in [1.54, 1.807) is 6.92 Å². The number of benzene rings is 1. The van der Waals surface area contributed by atoms with Crippen molar-refractivity contribution in [3.05, 3.63) is 35.4 Å². The third-order valence-corrected chi connectivity index (χ3v) is 3.24. The molecule has 104 valence electrons. The van der Waals surface area contributed by atoms with Gasteiger partial charge in [-0.3, -0.25) is 9.59 Å². The van der Waals surface area contributed by atoms with Crippen molar-refractivity contribution in [1.82, 2.24) is 5.32 Å². The molecule has 0 heterocycles. The lowest BCUT2D eigenvalue weighted by Gasteiger charge is -2.27. The normalized spacial score (nSPS) is 12.8. The Morgan fingerprint density at radius 1 is 1.32 bits per heavy atom. The van der Waals surface area contributed by atoms with Gasteiger partial charge in [0.15, 0.2) is 0 Å². The van der Waals surface area contributed by atoms with Gasteiger partial charge in [0.05, 0.1) is 11.8 Å². The van der Waals surface area contributed by atoms with Crippen molar-refractivity contribution in [2.75, 3.05) is 0 Å². The minimum Gasteiger partial charge on any atom is -0.481 e. The maximum atomic E-state index is 12.3. The highest BCUT2D eigenvalue weighted by atomic mass is 16.4. The summed E-state index contributed by atoms with van der Waals surface area (Å²) in [5.41, 5.74) is 1.32. The highest BCUT2D eigenvalue weighted by Crippen LogP contribution is 2.26. The summed E-state index contributed by atoms with van der Waals surface area (Å²) in [6, 6.07) is 7.34. The number of hydrogen-bond donors (Lipinski definition) is 2. The van der Waals surface area contributed by atoms with Crippen molar-refractivity contribution in [2.24, 2.45) is 0 Å². The number of hydrogen-bond acceptors (Lipinski definition) is 2. The molecule has 0 saturated heterocycles. The van der Waals surface area contributed by atoms with Crippen molar-refractivity contribution >= 4 is 11.9 Å². The smallest absolute Gasteiger partial charge is 0.305 e. The van der Waals surface area contributed by atoms with Gasteiger partial charge in [-0.1, -0.05) is 24.3 Å². The van der Waals surface area contributed by atoms with E-state index >= 15 is 0 Å². The van der Waals surface area contributed by atoms with E-state index in [0.717, 1.165) is 11.1 Å². The first kappa shape index (κ1) is 15.2. The predicted molar refractivity (Wildman–Crippen MR) is 74.1 cm³/mol. The van der Waals surface area contributed by atoms with Gasteiger partial charge >= 0.3 is 5.97 Å². The molecule has 0 aliphatic rings. The molecule has 0 aromatic heterocycles. The number of carboxylic acid groups (broad SMARTS) is 1. The van der Waals surface area contributed by atoms with Crippen molar-refractivity contribution in [3.63, 3.8) is 0 Å². The van der Waals surface area contributed by atoms with Crippen LogP contribution in [-0.2, 0) is 15.0 Å². The highest BCUT2D eigenvalue weighted by Gasteiger charge is 2.31. The number of carbonyl (C=O) groups excluding carboxylic acids is 1. The summed E-state index contributed by atoms with van der Waals surface area (Å²) in [5.74, 6) is -1.07. The molecule has 0 saturated carbocycles. The molecule has 1 unspecified atom stereocenters. The average Bonchev–Trinajstić information content (AvgIpc) is 2.27. The molecule has 4 nitrogen and oxygen atoms in total. The quantitative estimate of drug-likeness (QED) is 0.856. The van der Waals surface area contributed by atoms with Crippen molar-refractivity contribution in [3.8, 4) is 0 Å². The number of carboxylic acids is 1. The number of aryl methyl sites for hydroxylation is 1. The summed E-state index contributed by atoms with van der Waals surface area (Å²) in [6.45, 7) is 7.35. The van der Waals surface area contributed by atoms with Crippen LogP contribution < -0.4 is 5.32 Å². The zero-order valence-electron chi connectivity index (χ0n) is 11.9. The number of rotatable bonds is 5. The Hall–Kier alpha value is -1.84. The molecule has 1 amide bonds. The molecule has 4 heteroatoms. The van der Waals surface area contributed by atoms with Crippen molar-refractivity contribution < 1.29 is 14.7 Å². The summed E-state index contributed by atoms with van der Waals surface area (Å²) < 4.78 is 0. The number of nitrogens with one attached hydrogen (secondary N) is 1. The van der Waals surface area contributed by atoms with Crippen LogP contribution in [-0.4, -0.2) is 23.0 Å². The molecule has 1 aromatic rings. The van der Waals surface area contributed by atoms with Crippen LogP contribution in [0.3, 0.4) is 0 Å². The number of amides is 1. The van der Waals surface area contributed by atoms with Gasteiger partial charge < -0.3 is 10.4 Å². The van der Waals surface area contributed by atoms with Crippen LogP contribution in [0.5, 0.6) is 0 Å². The van der Waals surface area contributed by atoms with E-state index < -0.39 is 11.4 Å². The molecule has 0 bridgehead atoms. The van der Waals surface area contributed by atoms with Crippen LogP contribution in [0.15, 0.2) is 24.3 Å². The Bertz CT molecular complexity index is 480.